The molecule has 1 rings (SSSR count). The van der Waals surface area contributed by atoms with Crippen LogP contribution in [-0.4, -0.2) is 0 Å². The molecular weight excluding hydrogens is 180 g/mol. The van der Waals surface area contributed by atoms with Crippen molar-refractivity contribution in [2.24, 2.45) is 0 Å². The molecule has 1 aliphatic rings. The van der Waals surface area contributed by atoms with Crippen molar-refractivity contribution in [1.82, 2.24) is 0 Å². The van der Waals surface area contributed by atoms with Gasteiger partial charge < -0.3 is 0 Å². The molecule has 0 bridgehead atoms. The van der Waals surface area contributed by atoms with Gasteiger partial charge in [-0.25, -0.2) is 0 Å². The summed E-state index contributed by atoms with van der Waals surface area (Å²) < 4.78 is 0. The van der Waals surface area contributed by atoms with E-state index in [1.807, 2.05) is 0 Å². The summed E-state index contributed by atoms with van der Waals surface area (Å²) in [6, 6.07) is 0. The number of hydrogen-bond acceptors (Lipinski definition) is 0. The van der Waals surface area contributed by atoms with Crippen molar-refractivity contribution < 1.29 is 0 Å². The molecule has 1 aliphatic carbocycles. The average molecular weight is 206 g/mol. The molecule has 0 fully saturated rings. The Kier molecular flexibility index (Phi) is 8.38. The molecule has 0 nitrogen and oxygen atoms in total. The van der Waals surface area contributed by atoms with Crippen LogP contribution in [-0.2, 0) is 0 Å². The minimum absolute atomic E-state index is 1.30. The lowest BCUT2D eigenvalue weighted by atomic mass is 10.1. The van der Waals surface area contributed by atoms with Crippen molar-refractivity contribution >= 4 is 0 Å². The summed E-state index contributed by atoms with van der Waals surface area (Å²) in [6.45, 7) is 0. The van der Waals surface area contributed by atoms with Crippen molar-refractivity contribution in [3.63, 3.8) is 0 Å². The first-order valence-electron chi connectivity index (χ1n) is 6.80. The standard InChI is InChI=1S/C15H26/c1-2-4-6-8-10-12-14-15-13-11-9-7-5-3-1/h1-2,13,15H,3-12,14H2/b2-1+,15-13?. The first-order chi connectivity index (χ1) is 7.50. The van der Waals surface area contributed by atoms with Crippen molar-refractivity contribution in [3.05, 3.63) is 24.3 Å². The minimum Gasteiger partial charge on any atom is -0.0885 e. The average Bonchev–Trinajstić information content (AvgIpc) is 2.27. The highest BCUT2D eigenvalue weighted by Crippen LogP contribution is 2.10. The molecule has 0 aromatic heterocycles. The Balaban J connectivity index is 2.15. The van der Waals surface area contributed by atoms with Crippen LogP contribution in [0.5, 0.6) is 0 Å². The van der Waals surface area contributed by atoms with Crippen LogP contribution >= 0.6 is 0 Å². The summed E-state index contributed by atoms with van der Waals surface area (Å²) >= 11 is 0. The van der Waals surface area contributed by atoms with E-state index >= 15 is 0 Å². The van der Waals surface area contributed by atoms with Crippen LogP contribution in [0.2, 0.25) is 0 Å². The van der Waals surface area contributed by atoms with Gasteiger partial charge in [0.1, 0.15) is 0 Å². The lowest BCUT2D eigenvalue weighted by molar-refractivity contribution is 0.651. The maximum Gasteiger partial charge on any atom is -0.0351 e. The van der Waals surface area contributed by atoms with E-state index in [0.29, 0.717) is 0 Å². The highest BCUT2D eigenvalue weighted by atomic mass is 14.0. The van der Waals surface area contributed by atoms with E-state index in [2.05, 4.69) is 24.3 Å². The molecule has 0 saturated carbocycles. The van der Waals surface area contributed by atoms with Crippen molar-refractivity contribution in [2.75, 3.05) is 0 Å². The summed E-state index contributed by atoms with van der Waals surface area (Å²) in [7, 11) is 0. The third-order valence-corrected chi connectivity index (χ3v) is 3.07. The van der Waals surface area contributed by atoms with Crippen LogP contribution in [0.1, 0.15) is 70.6 Å². The van der Waals surface area contributed by atoms with Crippen LogP contribution in [0.3, 0.4) is 0 Å². The summed E-state index contributed by atoms with van der Waals surface area (Å²) in [5.41, 5.74) is 0. The Morgan fingerprint density at radius 2 is 0.600 bits per heavy atom. The molecule has 0 spiro atoms. The lowest BCUT2D eigenvalue weighted by Gasteiger charge is -1.96. The second-order valence-electron chi connectivity index (χ2n) is 4.57. The Morgan fingerprint density at radius 3 is 0.933 bits per heavy atom. The molecule has 0 radical (unpaired) electrons. The van der Waals surface area contributed by atoms with Crippen molar-refractivity contribution in [1.29, 1.82) is 0 Å². The van der Waals surface area contributed by atoms with E-state index in [0.717, 1.165) is 0 Å². The van der Waals surface area contributed by atoms with E-state index in [-0.39, 0.29) is 0 Å². The van der Waals surface area contributed by atoms with Crippen LogP contribution in [0.15, 0.2) is 24.3 Å². The van der Waals surface area contributed by atoms with Gasteiger partial charge in [0.25, 0.3) is 0 Å². The Hall–Kier alpha value is -0.520. The van der Waals surface area contributed by atoms with E-state index in [9.17, 15) is 0 Å². The third-order valence-electron chi connectivity index (χ3n) is 3.07. The molecule has 86 valence electrons. The van der Waals surface area contributed by atoms with E-state index in [4.69, 9.17) is 0 Å². The second kappa shape index (κ2) is 10.0. The van der Waals surface area contributed by atoms with Gasteiger partial charge in [-0.3, -0.25) is 0 Å². The van der Waals surface area contributed by atoms with Gasteiger partial charge in [0.15, 0.2) is 0 Å². The normalized spacial score (nSPS) is 24.0. The first kappa shape index (κ1) is 12.5. The third kappa shape index (κ3) is 8.47. The summed E-state index contributed by atoms with van der Waals surface area (Å²) in [5.74, 6) is 0. The molecule has 0 N–H and O–H groups in total. The fraction of sp³-hybridized carbons (Fsp3) is 0.733. The highest BCUT2D eigenvalue weighted by Gasteiger charge is 1.90. The minimum atomic E-state index is 1.30. The summed E-state index contributed by atoms with van der Waals surface area (Å²) in [6.07, 6.45) is 24.5. The van der Waals surface area contributed by atoms with Crippen LogP contribution in [0.25, 0.3) is 0 Å². The Labute approximate surface area is 95.5 Å². The molecule has 0 heteroatoms. The molecule has 0 aromatic carbocycles. The van der Waals surface area contributed by atoms with Crippen molar-refractivity contribution in [3.8, 4) is 0 Å². The molecule has 0 unspecified atom stereocenters. The Morgan fingerprint density at radius 1 is 0.333 bits per heavy atom. The van der Waals surface area contributed by atoms with Crippen molar-refractivity contribution in [2.45, 2.75) is 70.6 Å². The zero-order valence-corrected chi connectivity index (χ0v) is 10.1. The monoisotopic (exact) mass is 206 g/mol. The fourth-order valence-electron chi connectivity index (χ4n) is 2.05. The quantitative estimate of drug-likeness (QED) is 0.465. The number of hydrogen-bond donors (Lipinski definition) is 0. The fourth-order valence-corrected chi connectivity index (χ4v) is 2.05. The van der Waals surface area contributed by atoms with Crippen LogP contribution in [0.4, 0.5) is 0 Å². The van der Waals surface area contributed by atoms with Gasteiger partial charge in [0.2, 0.25) is 0 Å². The largest absolute Gasteiger partial charge is 0.0885 e. The van der Waals surface area contributed by atoms with E-state index in [1.165, 1.54) is 70.6 Å². The Bertz CT molecular complexity index is 156. The summed E-state index contributed by atoms with van der Waals surface area (Å²) in [4.78, 5) is 0. The maximum atomic E-state index is 2.39. The molecule has 0 aromatic rings. The topological polar surface area (TPSA) is 0 Å². The molecule has 15 heavy (non-hydrogen) atoms. The maximum absolute atomic E-state index is 2.39. The van der Waals surface area contributed by atoms with Gasteiger partial charge in [-0.05, 0) is 51.4 Å². The van der Waals surface area contributed by atoms with E-state index < -0.39 is 0 Å². The van der Waals surface area contributed by atoms with Gasteiger partial charge in [-0.1, -0.05) is 43.6 Å². The highest BCUT2D eigenvalue weighted by molar-refractivity contribution is 4.83. The molecule has 0 saturated heterocycles. The van der Waals surface area contributed by atoms with Gasteiger partial charge in [0.05, 0.1) is 0 Å². The zero-order chi connectivity index (χ0) is 10.6. The second-order valence-corrected chi connectivity index (χ2v) is 4.57. The zero-order valence-electron chi connectivity index (χ0n) is 10.1. The number of allylic oxidation sites excluding steroid dienone is 4. The first-order valence-corrected chi connectivity index (χ1v) is 6.80. The predicted octanol–water partition coefficient (Wildman–Crippen LogP) is 5.40. The van der Waals surface area contributed by atoms with Gasteiger partial charge in [0, 0.05) is 0 Å². The van der Waals surface area contributed by atoms with E-state index in [1.54, 1.807) is 0 Å². The summed E-state index contributed by atoms with van der Waals surface area (Å²) in [5, 5.41) is 0. The molecular formula is C15H26. The molecule has 0 heterocycles. The van der Waals surface area contributed by atoms with Gasteiger partial charge in [-0.2, -0.15) is 0 Å². The molecule has 0 amide bonds. The molecule has 0 aliphatic heterocycles. The van der Waals surface area contributed by atoms with Crippen LogP contribution < -0.4 is 0 Å². The smallest absolute Gasteiger partial charge is 0.0351 e. The molecule has 0 atom stereocenters. The van der Waals surface area contributed by atoms with Crippen LogP contribution in [0, 0.1) is 0 Å². The number of rotatable bonds is 0. The van der Waals surface area contributed by atoms with Gasteiger partial charge in [-0.15, -0.1) is 0 Å². The van der Waals surface area contributed by atoms with Gasteiger partial charge >= 0.3 is 0 Å². The SMILES string of the molecule is C1=CCCCCCC/C=C/CCCCC1. The lowest BCUT2D eigenvalue weighted by Crippen LogP contribution is -1.76. The predicted molar refractivity (Wildman–Crippen MR) is 69.1 cm³/mol.